The molecule has 0 radical (unpaired) electrons. The molecule has 0 spiro atoms. The molecule has 0 saturated heterocycles. The summed E-state index contributed by atoms with van der Waals surface area (Å²) in [7, 11) is 0. The fourth-order valence-electron chi connectivity index (χ4n) is 0. The van der Waals surface area contributed by atoms with Gasteiger partial charge >= 0.3 is 47.5 Å². The fourth-order valence-corrected chi connectivity index (χ4v) is 0. The van der Waals surface area contributed by atoms with Crippen molar-refractivity contribution in [3.8, 4) is 0 Å². The summed E-state index contributed by atoms with van der Waals surface area (Å²) >= 11 is -2.34. The molecular formula is HO3TeV. The van der Waals surface area contributed by atoms with Gasteiger partial charge in [-0.15, -0.1) is 0 Å². The molecule has 0 aromatic rings. The van der Waals surface area contributed by atoms with E-state index in [4.69, 9.17) is 0 Å². The Morgan fingerprint density at radius 1 is 1.60 bits per heavy atom. The summed E-state index contributed by atoms with van der Waals surface area (Å²) in [5.41, 5.74) is 0. The molecule has 0 aliphatic heterocycles. The second-order valence-corrected chi connectivity index (χ2v) is 3.18. The average Bonchev–Trinajstić information content (AvgIpc) is 1.38. The SMILES string of the molecule is [O]=[V](=[O])[O][TeH]. The van der Waals surface area contributed by atoms with E-state index >= 15 is 0 Å². The van der Waals surface area contributed by atoms with Crippen LogP contribution in [0.4, 0.5) is 0 Å². The fraction of sp³-hybridized carbons (Fsp3) is 0. The Morgan fingerprint density at radius 3 is 1.80 bits per heavy atom. The first kappa shape index (κ1) is 5.93. The normalized spacial score (nSPS) is 7.40. The van der Waals surface area contributed by atoms with Gasteiger partial charge in [0.1, 0.15) is 0 Å². The van der Waals surface area contributed by atoms with Crippen molar-refractivity contribution in [2.24, 2.45) is 0 Å². The van der Waals surface area contributed by atoms with Gasteiger partial charge < -0.3 is 0 Å². The predicted octanol–water partition coefficient (Wildman–Crippen LogP) is -0.957. The summed E-state index contributed by atoms with van der Waals surface area (Å²) in [6, 6.07) is 0. The molecule has 0 N–H and O–H groups in total. The van der Waals surface area contributed by atoms with Crippen LogP contribution in [0.15, 0.2) is 0 Å². The molecule has 0 unspecified atom stereocenters. The third-order valence-electron chi connectivity index (χ3n) is 0.0667. The van der Waals surface area contributed by atoms with E-state index in [1.54, 1.807) is 0 Å². The van der Waals surface area contributed by atoms with E-state index in [1.807, 2.05) is 0 Å². The molecule has 0 fully saturated rings. The van der Waals surface area contributed by atoms with Crippen LogP contribution in [0.25, 0.3) is 0 Å². The second-order valence-electron chi connectivity index (χ2n) is 0.305. The van der Waals surface area contributed by atoms with Gasteiger partial charge in [-0.25, -0.2) is 0 Å². The van der Waals surface area contributed by atoms with Crippen molar-refractivity contribution in [2.75, 3.05) is 0 Å². The second kappa shape index (κ2) is 3.14. The predicted molar refractivity (Wildman–Crippen MR) is 9.61 cm³/mol. The van der Waals surface area contributed by atoms with Gasteiger partial charge in [-0.05, 0) is 0 Å². The van der Waals surface area contributed by atoms with Crippen molar-refractivity contribution in [3.63, 3.8) is 0 Å². The molecule has 0 rings (SSSR count). The summed E-state index contributed by atoms with van der Waals surface area (Å²) in [6.07, 6.45) is 0. The molecule has 0 aromatic carbocycles. The van der Waals surface area contributed by atoms with Crippen molar-refractivity contribution >= 4 is 22.7 Å². The van der Waals surface area contributed by atoms with Gasteiger partial charge in [-0.3, -0.25) is 0 Å². The van der Waals surface area contributed by atoms with Crippen molar-refractivity contribution in [3.05, 3.63) is 0 Å². The van der Waals surface area contributed by atoms with Gasteiger partial charge in [0.2, 0.25) is 0 Å². The van der Waals surface area contributed by atoms with Crippen molar-refractivity contribution in [1.29, 1.82) is 0 Å². The molecule has 0 saturated carbocycles. The zero-order chi connectivity index (χ0) is 4.28. The van der Waals surface area contributed by atoms with Crippen molar-refractivity contribution in [2.45, 2.75) is 0 Å². The quantitative estimate of drug-likeness (QED) is 0.542. The van der Waals surface area contributed by atoms with E-state index in [0.29, 0.717) is 0 Å². The Morgan fingerprint density at radius 2 is 1.80 bits per heavy atom. The van der Waals surface area contributed by atoms with E-state index in [9.17, 15) is 7.35 Å². The molecule has 0 aliphatic rings. The minimum atomic E-state index is -3.18. The van der Waals surface area contributed by atoms with Crippen LogP contribution in [0, 0.1) is 0 Å². The van der Waals surface area contributed by atoms with Crippen LogP contribution in [0.1, 0.15) is 0 Å². The Kier molecular flexibility index (Phi) is 3.72. The van der Waals surface area contributed by atoms with Gasteiger partial charge in [0.05, 0.1) is 0 Å². The van der Waals surface area contributed by atoms with E-state index in [0.717, 1.165) is 22.7 Å². The standard InChI is InChI=1S/H2OTe.2O.V/c1-2;;;/h1-2H;;;/q;;;+1/p-1. The van der Waals surface area contributed by atoms with E-state index in [-0.39, 0.29) is 0 Å². The van der Waals surface area contributed by atoms with Crippen LogP contribution in [0.5, 0.6) is 0 Å². The summed E-state index contributed by atoms with van der Waals surface area (Å²) in [5, 5.41) is 0. The third-order valence-corrected chi connectivity index (χ3v) is 1.84. The number of hydrogen-bond donors (Lipinski definition) is 0. The van der Waals surface area contributed by atoms with Crippen LogP contribution < -0.4 is 0 Å². The molecule has 0 aromatic heterocycles. The third kappa shape index (κ3) is 4.93. The number of hydrogen-bond acceptors (Lipinski definition) is 3. The first-order valence-electron chi connectivity index (χ1n) is 0.730. The maximum atomic E-state index is 9.28. The summed E-state index contributed by atoms with van der Waals surface area (Å²) < 4.78 is 22.4. The van der Waals surface area contributed by atoms with E-state index < -0.39 is 15.4 Å². The van der Waals surface area contributed by atoms with Crippen LogP contribution in [0.2, 0.25) is 0 Å². The summed E-state index contributed by atoms with van der Waals surface area (Å²) in [4.78, 5) is 0. The zero-order valence-corrected chi connectivity index (χ0v) is 6.07. The van der Waals surface area contributed by atoms with Gasteiger partial charge in [0.15, 0.2) is 0 Å². The first-order valence-corrected chi connectivity index (χ1v) is 3.48. The Hall–Kier alpha value is 0.934. The Balaban J connectivity index is 3.23. The van der Waals surface area contributed by atoms with Crippen LogP contribution >= 0.6 is 0 Å². The monoisotopic (exact) mass is 230 g/mol. The Bertz CT molecular complexity index is 65.0. The van der Waals surface area contributed by atoms with Gasteiger partial charge in [0.25, 0.3) is 0 Å². The van der Waals surface area contributed by atoms with E-state index in [2.05, 4.69) is 2.03 Å². The molecule has 0 amide bonds. The van der Waals surface area contributed by atoms with Crippen LogP contribution in [-0.4, -0.2) is 22.7 Å². The first-order chi connectivity index (χ1) is 2.27. The molecule has 0 atom stereocenters. The zero-order valence-electron chi connectivity index (χ0n) is 2.12. The average molecular weight is 228 g/mol. The molecule has 0 bridgehead atoms. The Labute approximate surface area is 47.5 Å². The van der Waals surface area contributed by atoms with Gasteiger partial charge in [-0.2, -0.15) is 0 Å². The number of rotatable bonds is 1. The molecule has 3 nitrogen and oxygen atoms in total. The van der Waals surface area contributed by atoms with Crippen LogP contribution in [-0.2, 0) is 24.8 Å². The van der Waals surface area contributed by atoms with Crippen molar-refractivity contribution in [1.82, 2.24) is 0 Å². The molecule has 0 aliphatic carbocycles. The summed E-state index contributed by atoms with van der Waals surface area (Å²) in [6.45, 7) is 0. The van der Waals surface area contributed by atoms with Crippen LogP contribution in [0.3, 0.4) is 0 Å². The van der Waals surface area contributed by atoms with Crippen molar-refractivity contribution < 1.29 is 24.8 Å². The molecule has 30 valence electrons. The van der Waals surface area contributed by atoms with E-state index in [1.165, 1.54) is 0 Å². The minimum absolute atomic E-state index is 0.842. The molecule has 5 heteroatoms. The summed E-state index contributed by atoms with van der Waals surface area (Å²) in [5.74, 6) is 0. The molecule has 0 heterocycles. The molecular weight excluding hydrogens is 227 g/mol. The van der Waals surface area contributed by atoms with Gasteiger partial charge in [0, 0.05) is 0 Å². The van der Waals surface area contributed by atoms with Gasteiger partial charge in [-0.1, -0.05) is 0 Å². The maximum absolute atomic E-state index is 9.28. The molecule has 5 heavy (non-hydrogen) atoms. The topological polar surface area (TPSA) is 43.4 Å².